The molecule has 9 nitrogen and oxygen atoms in total. The average molecular weight is 644 g/mol. The third-order valence-electron chi connectivity index (χ3n) is 7.91. The molecule has 1 atom stereocenters. The molecule has 2 amide bonds. The Morgan fingerprint density at radius 1 is 0.977 bits per heavy atom. The van der Waals surface area contributed by atoms with Gasteiger partial charge in [0.2, 0.25) is 11.8 Å². The van der Waals surface area contributed by atoms with Gasteiger partial charge in [-0.1, -0.05) is 49.1 Å². The van der Waals surface area contributed by atoms with Gasteiger partial charge in [0.25, 0.3) is 10.0 Å². The minimum absolute atomic E-state index is 0.0160. The van der Waals surface area contributed by atoms with E-state index in [-0.39, 0.29) is 41.4 Å². The number of rotatable bonds is 10. The maximum Gasteiger partial charge on any atom is 0.264 e. The minimum Gasteiger partial charge on any atom is -0.486 e. The molecule has 1 aliphatic heterocycles. The van der Waals surface area contributed by atoms with Gasteiger partial charge >= 0.3 is 0 Å². The summed E-state index contributed by atoms with van der Waals surface area (Å²) >= 11 is 6.44. The molecule has 44 heavy (non-hydrogen) atoms. The molecule has 12 heteroatoms. The van der Waals surface area contributed by atoms with Crippen LogP contribution in [0.25, 0.3) is 0 Å². The monoisotopic (exact) mass is 643 g/mol. The normalized spacial score (nSPS) is 15.7. The fraction of sp³-hybridized carbons (Fsp3) is 0.375. The van der Waals surface area contributed by atoms with Crippen LogP contribution >= 0.6 is 11.6 Å². The van der Waals surface area contributed by atoms with E-state index in [1.54, 1.807) is 31.2 Å². The second-order valence-corrected chi connectivity index (χ2v) is 13.2. The molecule has 0 aromatic heterocycles. The lowest BCUT2D eigenvalue weighted by molar-refractivity contribution is -0.139. The van der Waals surface area contributed by atoms with Crippen molar-refractivity contribution in [1.29, 1.82) is 0 Å². The van der Waals surface area contributed by atoms with E-state index < -0.39 is 34.3 Å². The molecule has 0 saturated heterocycles. The van der Waals surface area contributed by atoms with Crippen LogP contribution in [0.1, 0.15) is 44.6 Å². The van der Waals surface area contributed by atoms with Crippen molar-refractivity contribution in [3.63, 3.8) is 0 Å². The van der Waals surface area contributed by atoms with Gasteiger partial charge in [0.15, 0.2) is 11.5 Å². The van der Waals surface area contributed by atoms with E-state index in [1.807, 2.05) is 0 Å². The first-order valence-electron chi connectivity index (χ1n) is 14.6. The molecule has 1 saturated carbocycles. The smallest absolute Gasteiger partial charge is 0.264 e. The fourth-order valence-electron chi connectivity index (χ4n) is 5.41. The largest absolute Gasteiger partial charge is 0.486 e. The molecule has 0 unspecified atom stereocenters. The molecule has 5 rings (SSSR count). The highest BCUT2D eigenvalue weighted by atomic mass is 35.5. The number of nitrogens with zero attached hydrogens (tertiary/aromatic N) is 2. The van der Waals surface area contributed by atoms with Gasteiger partial charge in [0.05, 0.1) is 10.6 Å². The number of carbonyl (C=O) groups is 2. The molecule has 1 heterocycles. The standard InChI is InChI=1S/C32H35ClFN3O6S/c1-22(32(39)35-25-8-3-2-4-9-25)36(20-23-7-5-6-10-28(23)33)31(38)21-37(26-13-11-24(34)12-14-26)44(40,41)27-15-16-29-30(19-27)43-18-17-42-29/h5-7,10-16,19,22,25H,2-4,8-9,17-18,20-21H2,1H3,(H,35,39)/t22-/m1/s1. The van der Waals surface area contributed by atoms with Gasteiger partial charge in [0, 0.05) is 23.7 Å². The van der Waals surface area contributed by atoms with E-state index in [1.165, 1.54) is 35.2 Å². The number of halogens is 2. The van der Waals surface area contributed by atoms with E-state index in [9.17, 15) is 22.4 Å². The molecule has 1 fully saturated rings. The fourth-order valence-corrected chi connectivity index (χ4v) is 7.03. The number of hydrogen-bond acceptors (Lipinski definition) is 6. The lowest BCUT2D eigenvalue weighted by Gasteiger charge is -2.33. The Labute approximate surface area is 261 Å². The van der Waals surface area contributed by atoms with Crippen molar-refractivity contribution in [2.45, 2.75) is 62.6 Å². The summed E-state index contributed by atoms with van der Waals surface area (Å²) in [5.74, 6) is -0.869. The van der Waals surface area contributed by atoms with E-state index in [0.29, 0.717) is 22.9 Å². The average Bonchev–Trinajstić information content (AvgIpc) is 3.03. The van der Waals surface area contributed by atoms with E-state index in [0.717, 1.165) is 48.5 Å². The van der Waals surface area contributed by atoms with Crippen molar-refractivity contribution in [3.8, 4) is 11.5 Å². The quantitative estimate of drug-likeness (QED) is 0.321. The number of nitrogens with one attached hydrogen (secondary N) is 1. The van der Waals surface area contributed by atoms with Crippen LogP contribution < -0.4 is 19.1 Å². The van der Waals surface area contributed by atoms with Gasteiger partial charge in [-0.05, 0) is 67.8 Å². The van der Waals surface area contributed by atoms with Gasteiger partial charge in [-0.2, -0.15) is 0 Å². The molecule has 234 valence electrons. The Morgan fingerprint density at radius 2 is 1.66 bits per heavy atom. The molecule has 3 aromatic carbocycles. The van der Waals surface area contributed by atoms with Crippen molar-refractivity contribution >= 4 is 39.1 Å². The second-order valence-electron chi connectivity index (χ2n) is 10.9. The summed E-state index contributed by atoms with van der Waals surface area (Å²) in [5.41, 5.74) is 0.675. The van der Waals surface area contributed by atoms with Crippen LogP contribution in [0.3, 0.4) is 0 Å². The molecule has 1 aliphatic carbocycles. The Bertz CT molecular complexity index is 1600. The number of ether oxygens (including phenoxy) is 2. The molecule has 0 spiro atoms. The van der Waals surface area contributed by atoms with Crippen LogP contribution in [0.5, 0.6) is 11.5 Å². The zero-order valence-corrected chi connectivity index (χ0v) is 26.0. The SMILES string of the molecule is C[C@H](C(=O)NC1CCCCC1)N(Cc1ccccc1Cl)C(=O)CN(c1ccc(F)cc1)S(=O)(=O)c1ccc2c(c1)OCCO2. The number of anilines is 1. The highest BCUT2D eigenvalue weighted by Gasteiger charge is 2.34. The highest BCUT2D eigenvalue weighted by Crippen LogP contribution is 2.34. The van der Waals surface area contributed by atoms with Crippen LogP contribution in [0.15, 0.2) is 71.6 Å². The molecular weight excluding hydrogens is 609 g/mol. The Kier molecular flexibility index (Phi) is 9.95. The predicted molar refractivity (Wildman–Crippen MR) is 165 cm³/mol. The molecule has 1 N–H and O–H groups in total. The molecular formula is C32H35ClFN3O6S. The summed E-state index contributed by atoms with van der Waals surface area (Å²) in [5, 5.41) is 3.47. The van der Waals surface area contributed by atoms with Crippen LogP contribution in [-0.2, 0) is 26.2 Å². The zero-order valence-electron chi connectivity index (χ0n) is 24.4. The molecule has 3 aromatic rings. The molecule has 2 aliphatic rings. The number of fused-ring (bicyclic) bond motifs is 1. The first kappa shape index (κ1) is 31.6. The summed E-state index contributed by atoms with van der Waals surface area (Å²) in [7, 11) is -4.38. The van der Waals surface area contributed by atoms with Crippen molar-refractivity contribution in [2.75, 3.05) is 24.1 Å². The van der Waals surface area contributed by atoms with Gasteiger partial charge in [-0.3, -0.25) is 13.9 Å². The van der Waals surface area contributed by atoms with Gasteiger partial charge < -0.3 is 19.7 Å². The summed E-state index contributed by atoms with van der Waals surface area (Å²) in [6.45, 7) is 1.52. The van der Waals surface area contributed by atoms with E-state index in [4.69, 9.17) is 21.1 Å². The minimum atomic E-state index is -4.38. The van der Waals surface area contributed by atoms with Crippen LogP contribution in [0.4, 0.5) is 10.1 Å². The number of sulfonamides is 1. The zero-order chi connectivity index (χ0) is 31.3. The van der Waals surface area contributed by atoms with E-state index in [2.05, 4.69) is 5.32 Å². The second kappa shape index (κ2) is 13.9. The number of hydrogen-bond donors (Lipinski definition) is 1. The highest BCUT2D eigenvalue weighted by molar-refractivity contribution is 7.92. The van der Waals surface area contributed by atoms with Crippen molar-refractivity contribution in [3.05, 3.63) is 83.1 Å². The van der Waals surface area contributed by atoms with Crippen molar-refractivity contribution < 1.29 is 31.9 Å². The summed E-state index contributed by atoms with van der Waals surface area (Å²) in [6.07, 6.45) is 4.89. The van der Waals surface area contributed by atoms with Crippen LogP contribution in [0, 0.1) is 5.82 Å². The Morgan fingerprint density at radius 3 is 2.36 bits per heavy atom. The summed E-state index contributed by atoms with van der Waals surface area (Å²) in [4.78, 5) is 28.8. The number of amides is 2. The first-order valence-corrected chi connectivity index (χ1v) is 16.5. The lowest BCUT2D eigenvalue weighted by atomic mass is 9.95. The van der Waals surface area contributed by atoms with Gasteiger partial charge in [-0.25, -0.2) is 12.8 Å². The van der Waals surface area contributed by atoms with E-state index >= 15 is 0 Å². The van der Waals surface area contributed by atoms with Crippen molar-refractivity contribution in [1.82, 2.24) is 10.2 Å². The van der Waals surface area contributed by atoms with Crippen LogP contribution in [0.2, 0.25) is 5.02 Å². The number of benzene rings is 3. The topological polar surface area (TPSA) is 105 Å². The summed E-state index contributed by atoms with van der Waals surface area (Å²) in [6, 6.07) is 15.1. The maximum absolute atomic E-state index is 14.1. The first-order chi connectivity index (χ1) is 21.1. The Hall–Kier alpha value is -3.83. The van der Waals surface area contributed by atoms with Crippen molar-refractivity contribution in [2.24, 2.45) is 0 Å². The third-order valence-corrected chi connectivity index (χ3v) is 10.1. The predicted octanol–water partition coefficient (Wildman–Crippen LogP) is 5.31. The molecule has 0 bridgehead atoms. The number of carbonyl (C=O) groups excluding carboxylic acids is 2. The molecule has 0 radical (unpaired) electrons. The van der Waals surface area contributed by atoms with Gasteiger partial charge in [-0.15, -0.1) is 0 Å². The lowest BCUT2D eigenvalue weighted by Crippen LogP contribution is -2.53. The Balaban J connectivity index is 1.48. The maximum atomic E-state index is 14.1. The summed E-state index contributed by atoms with van der Waals surface area (Å²) < 4.78 is 54.1. The third kappa shape index (κ3) is 7.27. The van der Waals surface area contributed by atoms with Crippen LogP contribution in [-0.4, -0.2) is 57.0 Å². The van der Waals surface area contributed by atoms with Gasteiger partial charge in [0.1, 0.15) is 31.6 Å².